The fourth-order valence-corrected chi connectivity index (χ4v) is 14.6. The summed E-state index contributed by atoms with van der Waals surface area (Å²) < 4.78 is 6.42. The van der Waals surface area contributed by atoms with Gasteiger partial charge in [-0.05, 0) is 129 Å². The average Bonchev–Trinajstić information content (AvgIpc) is 3.45. The number of ether oxygens (including phenoxy) is 1. The lowest BCUT2D eigenvalue weighted by Gasteiger charge is -2.69. The third-order valence-corrected chi connectivity index (χ3v) is 17.3. The first-order valence-electron chi connectivity index (χ1n) is 23.2. The molecule has 10 unspecified atom stereocenters. The minimum absolute atomic E-state index is 0.0523. The summed E-state index contributed by atoms with van der Waals surface area (Å²) in [7, 11) is 0. The maximum atomic E-state index is 13.2. The van der Waals surface area contributed by atoms with E-state index in [0.717, 1.165) is 42.4 Å². The summed E-state index contributed by atoms with van der Waals surface area (Å²) in [6, 6.07) is 0. The van der Waals surface area contributed by atoms with Crippen LogP contribution in [0.2, 0.25) is 0 Å². The number of esters is 1. The Morgan fingerprint density at radius 1 is 0.608 bits per heavy atom. The molecule has 5 aliphatic rings. The van der Waals surface area contributed by atoms with Gasteiger partial charge in [-0.15, -0.1) is 0 Å². The smallest absolute Gasteiger partial charge is 0.306 e. The van der Waals surface area contributed by atoms with Gasteiger partial charge in [0.05, 0.1) is 0 Å². The lowest BCUT2D eigenvalue weighted by Crippen LogP contribution is -2.63. The Labute approximate surface area is 318 Å². The molecule has 0 aromatic heterocycles. The van der Waals surface area contributed by atoms with E-state index >= 15 is 0 Å². The van der Waals surface area contributed by atoms with E-state index in [1.807, 2.05) is 0 Å². The number of fused-ring (bicyclic) bond motifs is 7. The highest BCUT2D eigenvalue weighted by Crippen LogP contribution is 2.73. The second kappa shape index (κ2) is 18.2. The van der Waals surface area contributed by atoms with Gasteiger partial charge in [0.25, 0.3) is 0 Å². The molecule has 5 rings (SSSR count). The SMILES string of the molecule is C=C(C)C1CCC2(C)CCC3C(CCC4C3(C)CCC3C(C)(C)C(OC(=O)CCCCCCCCCCCCCCCCCCC)CCC34C)C12. The van der Waals surface area contributed by atoms with Gasteiger partial charge in [-0.1, -0.05) is 156 Å². The highest BCUT2D eigenvalue weighted by Gasteiger charge is 2.67. The van der Waals surface area contributed by atoms with Gasteiger partial charge in [-0.25, -0.2) is 0 Å². The van der Waals surface area contributed by atoms with Crippen LogP contribution in [0.5, 0.6) is 0 Å². The molecule has 0 bridgehead atoms. The number of hydrogen-bond acceptors (Lipinski definition) is 2. The van der Waals surface area contributed by atoms with Crippen molar-refractivity contribution in [2.75, 3.05) is 0 Å². The molecule has 0 saturated heterocycles. The van der Waals surface area contributed by atoms with E-state index in [0.29, 0.717) is 28.6 Å². The minimum Gasteiger partial charge on any atom is -0.462 e. The zero-order valence-electron chi connectivity index (χ0n) is 35.4. The van der Waals surface area contributed by atoms with Crippen molar-refractivity contribution in [2.24, 2.45) is 57.2 Å². The van der Waals surface area contributed by atoms with Gasteiger partial charge >= 0.3 is 5.97 Å². The van der Waals surface area contributed by atoms with E-state index in [1.165, 1.54) is 166 Å². The van der Waals surface area contributed by atoms with Crippen molar-refractivity contribution in [1.29, 1.82) is 0 Å². The molecular weight excluding hydrogens is 621 g/mol. The molecule has 0 aromatic rings. The molecule has 0 amide bonds. The van der Waals surface area contributed by atoms with E-state index < -0.39 is 0 Å². The van der Waals surface area contributed by atoms with E-state index in [9.17, 15) is 4.79 Å². The molecule has 0 radical (unpaired) electrons. The van der Waals surface area contributed by atoms with Crippen LogP contribution < -0.4 is 0 Å². The van der Waals surface area contributed by atoms with Gasteiger partial charge in [0.1, 0.15) is 6.10 Å². The van der Waals surface area contributed by atoms with Crippen molar-refractivity contribution in [3.63, 3.8) is 0 Å². The van der Waals surface area contributed by atoms with Crippen molar-refractivity contribution in [3.8, 4) is 0 Å². The Bertz CT molecular complexity index is 1110. The third kappa shape index (κ3) is 9.20. The van der Waals surface area contributed by atoms with E-state index in [4.69, 9.17) is 4.74 Å². The number of carbonyl (C=O) groups excluding carboxylic acids is 1. The van der Waals surface area contributed by atoms with E-state index in [2.05, 4.69) is 55.0 Å². The quantitative estimate of drug-likeness (QED) is 0.0716. The topological polar surface area (TPSA) is 26.3 Å². The molecule has 2 nitrogen and oxygen atoms in total. The first-order chi connectivity index (χ1) is 24.4. The Hall–Kier alpha value is -0.790. The monoisotopic (exact) mass is 707 g/mol. The van der Waals surface area contributed by atoms with Crippen LogP contribution in [-0.4, -0.2) is 12.1 Å². The van der Waals surface area contributed by atoms with Crippen molar-refractivity contribution in [1.82, 2.24) is 0 Å². The molecule has 5 fully saturated rings. The summed E-state index contributed by atoms with van der Waals surface area (Å²) in [4.78, 5) is 13.2. The Morgan fingerprint density at radius 2 is 1.14 bits per heavy atom. The zero-order chi connectivity index (χ0) is 36.7. The maximum Gasteiger partial charge on any atom is 0.306 e. The maximum absolute atomic E-state index is 13.2. The Balaban J connectivity index is 0.997. The highest BCUT2D eigenvalue weighted by atomic mass is 16.5. The van der Waals surface area contributed by atoms with Crippen molar-refractivity contribution in [3.05, 3.63) is 12.2 Å². The van der Waals surface area contributed by atoms with Crippen LogP contribution in [0.1, 0.15) is 228 Å². The first kappa shape index (κ1) is 41.4. The van der Waals surface area contributed by atoms with Crippen LogP contribution in [0.25, 0.3) is 0 Å². The number of rotatable bonds is 20. The van der Waals surface area contributed by atoms with E-state index in [-0.39, 0.29) is 17.5 Å². The zero-order valence-corrected chi connectivity index (χ0v) is 35.4. The molecule has 294 valence electrons. The number of carbonyl (C=O) groups is 1. The van der Waals surface area contributed by atoms with Gasteiger partial charge < -0.3 is 4.74 Å². The van der Waals surface area contributed by atoms with Crippen molar-refractivity contribution in [2.45, 2.75) is 234 Å². The predicted molar refractivity (Wildman–Crippen MR) is 219 cm³/mol. The van der Waals surface area contributed by atoms with Crippen LogP contribution in [-0.2, 0) is 9.53 Å². The molecule has 5 aliphatic carbocycles. The third-order valence-electron chi connectivity index (χ3n) is 17.3. The largest absolute Gasteiger partial charge is 0.462 e. The summed E-state index contributed by atoms with van der Waals surface area (Å²) in [5.74, 6) is 4.93. The standard InChI is InChI=1S/C49H86O2/c1-9-10-11-12-13-14-15-16-17-18-19-20-21-22-23-24-25-26-44(50)51-43-32-36-49(8)41(46(43,4)5)31-35-48(7)40-30-34-47(6)33-29-38(37(2)3)45(47)39(40)27-28-42(48)49/h38-43,45H,2,9-36H2,1,3-8H3. The van der Waals surface area contributed by atoms with E-state index in [1.54, 1.807) is 0 Å². The molecule has 10 atom stereocenters. The summed E-state index contributed by atoms with van der Waals surface area (Å²) in [5, 5.41) is 0. The summed E-state index contributed by atoms with van der Waals surface area (Å²) in [6.45, 7) is 22.2. The van der Waals surface area contributed by atoms with Gasteiger partial charge in [0.2, 0.25) is 0 Å². The van der Waals surface area contributed by atoms with Gasteiger partial charge in [-0.3, -0.25) is 4.79 Å². The molecule has 5 saturated carbocycles. The number of unbranched alkanes of at least 4 members (excludes halogenated alkanes) is 16. The van der Waals surface area contributed by atoms with Crippen LogP contribution in [0.15, 0.2) is 12.2 Å². The highest BCUT2D eigenvalue weighted by molar-refractivity contribution is 5.69. The molecule has 2 heteroatoms. The van der Waals surface area contributed by atoms with Crippen molar-refractivity contribution >= 4 is 5.97 Å². The molecule has 0 heterocycles. The first-order valence-corrected chi connectivity index (χ1v) is 23.2. The Kier molecular flexibility index (Phi) is 14.8. The molecular formula is C49H86O2. The predicted octanol–water partition coefficient (Wildman–Crippen LogP) is 15.2. The molecule has 0 aromatic carbocycles. The van der Waals surface area contributed by atoms with Gasteiger partial charge in [0, 0.05) is 11.8 Å². The normalized spacial score (nSPS) is 38.3. The minimum atomic E-state index is 0.0523. The molecule has 51 heavy (non-hydrogen) atoms. The number of allylic oxidation sites excluding steroid dienone is 1. The van der Waals surface area contributed by atoms with Crippen LogP contribution in [0.3, 0.4) is 0 Å². The van der Waals surface area contributed by atoms with Gasteiger partial charge in [-0.2, -0.15) is 0 Å². The molecule has 0 N–H and O–H groups in total. The Morgan fingerprint density at radius 3 is 1.71 bits per heavy atom. The summed E-state index contributed by atoms with van der Waals surface area (Å²) in [5.41, 5.74) is 2.89. The average molecular weight is 707 g/mol. The van der Waals surface area contributed by atoms with Gasteiger partial charge in [0.15, 0.2) is 0 Å². The second-order valence-electron chi connectivity index (χ2n) is 21.0. The summed E-state index contributed by atoms with van der Waals surface area (Å²) in [6.07, 6.45) is 37.5. The number of hydrogen-bond donors (Lipinski definition) is 0. The lowest BCUT2D eigenvalue weighted by molar-refractivity contribution is -0.222. The lowest BCUT2D eigenvalue weighted by atomic mass is 9.36. The van der Waals surface area contributed by atoms with Crippen LogP contribution in [0, 0.1) is 57.2 Å². The molecule has 0 aliphatic heterocycles. The second-order valence-corrected chi connectivity index (χ2v) is 21.0. The fraction of sp³-hybridized carbons (Fsp3) is 0.939. The van der Waals surface area contributed by atoms with Crippen LogP contribution >= 0.6 is 0 Å². The van der Waals surface area contributed by atoms with Crippen LogP contribution in [0.4, 0.5) is 0 Å². The van der Waals surface area contributed by atoms with Crippen molar-refractivity contribution < 1.29 is 9.53 Å². The molecule has 0 spiro atoms. The fourth-order valence-electron chi connectivity index (χ4n) is 14.6. The summed E-state index contributed by atoms with van der Waals surface area (Å²) >= 11 is 0.